The molecule has 0 atom stereocenters. The van der Waals surface area contributed by atoms with Gasteiger partial charge >= 0.3 is 0 Å². The highest BCUT2D eigenvalue weighted by atomic mass is 32.1. The first-order valence-corrected chi connectivity index (χ1v) is 16.9. The van der Waals surface area contributed by atoms with Crippen molar-refractivity contribution in [3.8, 4) is 5.69 Å². The van der Waals surface area contributed by atoms with Crippen LogP contribution in [0.25, 0.3) is 87.0 Å². The van der Waals surface area contributed by atoms with E-state index in [4.69, 9.17) is 4.42 Å². The summed E-state index contributed by atoms with van der Waals surface area (Å²) in [6.07, 6.45) is 0. The van der Waals surface area contributed by atoms with Crippen molar-refractivity contribution in [1.29, 1.82) is 0 Å². The fraction of sp³-hybridized carbons (Fsp3) is 0.0857. The van der Waals surface area contributed by atoms with Gasteiger partial charge in [-0.25, -0.2) is 0 Å². The van der Waals surface area contributed by atoms with E-state index in [2.05, 4.69) is 98.1 Å². The number of fused-ring (bicyclic) bond motifs is 14. The van der Waals surface area contributed by atoms with E-state index in [1.165, 1.54) is 92.6 Å². The molecule has 41 heavy (non-hydrogen) atoms. The molecule has 6 heterocycles. The molecule has 0 aliphatic rings. The molecule has 0 saturated carbocycles. The van der Waals surface area contributed by atoms with E-state index in [0.29, 0.717) is 0 Å². The van der Waals surface area contributed by atoms with E-state index < -0.39 is 0 Å². The molecule has 0 fully saturated rings. The Morgan fingerprint density at radius 3 is 1.66 bits per heavy atom. The number of nitrogens with zero attached hydrogens (tertiary/aromatic N) is 1. The Morgan fingerprint density at radius 1 is 0.463 bits per heavy atom. The van der Waals surface area contributed by atoms with Gasteiger partial charge in [0.15, 0.2) is 11.2 Å². The second-order valence-electron chi connectivity index (χ2n) is 11.2. The zero-order valence-corrected chi connectivity index (χ0v) is 25.7. The Kier molecular flexibility index (Phi) is 4.35. The standard InChI is InChI=1S/C35H21NOS4/c1-16-4-8-19(9-5-16)36-28-20-10-6-17(2)12-24(20)38-32(28)33-29(36)22-14-27-23(15-26(22)39-33)31-35(41-27)34-30(37-31)21-11-7-18(3)13-25(21)40-34/h4-15H,1-3H3. The van der Waals surface area contributed by atoms with Crippen molar-refractivity contribution in [2.75, 3.05) is 0 Å². The van der Waals surface area contributed by atoms with Gasteiger partial charge in [0.2, 0.25) is 0 Å². The minimum absolute atomic E-state index is 1.04. The molecule has 6 aromatic heterocycles. The zero-order chi connectivity index (χ0) is 27.1. The summed E-state index contributed by atoms with van der Waals surface area (Å²) in [5.74, 6) is 0. The van der Waals surface area contributed by atoms with Crippen LogP contribution >= 0.6 is 45.3 Å². The second kappa shape index (κ2) is 7.78. The number of hydrogen-bond donors (Lipinski definition) is 0. The van der Waals surface area contributed by atoms with Gasteiger partial charge in [0.1, 0.15) is 0 Å². The van der Waals surface area contributed by atoms with E-state index in [1.54, 1.807) is 0 Å². The molecule has 0 bridgehead atoms. The number of hydrogen-bond acceptors (Lipinski definition) is 5. The lowest BCUT2D eigenvalue weighted by atomic mass is 10.1. The summed E-state index contributed by atoms with van der Waals surface area (Å²) < 4.78 is 19.8. The summed E-state index contributed by atoms with van der Waals surface area (Å²) >= 11 is 7.59. The second-order valence-corrected chi connectivity index (χ2v) is 15.4. The average Bonchev–Trinajstić information content (AvgIpc) is 3.76. The summed E-state index contributed by atoms with van der Waals surface area (Å²) in [5, 5.41) is 5.12. The SMILES string of the molecule is Cc1ccc(-n2c3c4ccc(C)cc4sc3c3sc4cc5c(cc4c32)sc2c5oc3c4ccc(C)cc4sc32)cc1. The molecular formula is C35H21NOS4. The third-order valence-corrected chi connectivity index (χ3v) is 13.3. The monoisotopic (exact) mass is 599 g/mol. The van der Waals surface area contributed by atoms with E-state index in [1.807, 2.05) is 45.3 Å². The van der Waals surface area contributed by atoms with Gasteiger partial charge in [-0.2, -0.15) is 0 Å². The molecule has 0 aliphatic carbocycles. The van der Waals surface area contributed by atoms with Gasteiger partial charge in [0.25, 0.3) is 0 Å². The van der Waals surface area contributed by atoms with E-state index in [0.717, 1.165) is 11.2 Å². The molecule has 0 N–H and O–H groups in total. The van der Waals surface area contributed by atoms with Gasteiger partial charge in [-0.05, 0) is 74.4 Å². The Morgan fingerprint density at radius 2 is 0.951 bits per heavy atom. The van der Waals surface area contributed by atoms with Crippen molar-refractivity contribution in [1.82, 2.24) is 4.57 Å². The van der Waals surface area contributed by atoms with E-state index in [-0.39, 0.29) is 0 Å². The lowest BCUT2D eigenvalue weighted by Gasteiger charge is -2.08. The maximum absolute atomic E-state index is 6.65. The fourth-order valence-electron chi connectivity index (χ4n) is 6.44. The van der Waals surface area contributed by atoms with Crippen LogP contribution in [-0.4, -0.2) is 4.57 Å². The van der Waals surface area contributed by atoms with Crippen LogP contribution in [0.1, 0.15) is 16.7 Å². The zero-order valence-electron chi connectivity index (χ0n) is 22.4. The number of aromatic nitrogens is 1. The molecule has 10 rings (SSSR count). The highest BCUT2D eigenvalue weighted by Crippen LogP contribution is 2.52. The lowest BCUT2D eigenvalue weighted by Crippen LogP contribution is -1.93. The van der Waals surface area contributed by atoms with Crippen LogP contribution in [0.5, 0.6) is 0 Å². The molecule has 0 amide bonds. The predicted molar refractivity (Wildman–Crippen MR) is 184 cm³/mol. The first kappa shape index (κ1) is 22.9. The number of benzene rings is 4. The van der Waals surface area contributed by atoms with Crippen molar-refractivity contribution in [2.24, 2.45) is 0 Å². The van der Waals surface area contributed by atoms with Gasteiger partial charge in [-0.3, -0.25) is 0 Å². The van der Waals surface area contributed by atoms with Crippen LogP contribution in [0, 0.1) is 20.8 Å². The minimum Gasteiger partial charge on any atom is -0.453 e. The molecular weight excluding hydrogens is 579 g/mol. The van der Waals surface area contributed by atoms with Gasteiger partial charge in [-0.1, -0.05) is 35.9 Å². The van der Waals surface area contributed by atoms with Crippen LogP contribution in [0.3, 0.4) is 0 Å². The first-order chi connectivity index (χ1) is 20.0. The maximum Gasteiger partial charge on any atom is 0.155 e. The quantitative estimate of drug-likeness (QED) is 0.184. The number of aryl methyl sites for hydroxylation is 3. The van der Waals surface area contributed by atoms with Gasteiger partial charge in [0, 0.05) is 46.0 Å². The van der Waals surface area contributed by atoms with Gasteiger partial charge in [-0.15, -0.1) is 45.3 Å². The van der Waals surface area contributed by atoms with Crippen LogP contribution in [0.4, 0.5) is 0 Å². The molecule has 4 aromatic carbocycles. The largest absolute Gasteiger partial charge is 0.453 e. The predicted octanol–water partition coefficient (Wildman–Crippen LogP) is 12.5. The van der Waals surface area contributed by atoms with Crippen LogP contribution < -0.4 is 0 Å². The Balaban J connectivity index is 1.33. The first-order valence-electron chi connectivity index (χ1n) is 13.7. The van der Waals surface area contributed by atoms with E-state index >= 15 is 0 Å². The fourth-order valence-corrected chi connectivity index (χ4v) is 11.6. The summed E-state index contributed by atoms with van der Waals surface area (Å²) in [6, 6.07) is 27.4. The Labute approximate surface area is 250 Å². The number of furan rings is 1. The van der Waals surface area contributed by atoms with Crippen molar-refractivity contribution < 1.29 is 4.42 Å². The van der Waals surface area contributed by atoms with Crippen molar-refractivity contribution in [3.05, 3.63) is 89.5 Å². The van der Waals surface area contributed by atoms with Crippen molar-refractivity contribution in [2.45, 2.75) is 20.8 Å². The summed E-state index contributed by atoms with van der Waals surface area (Å²) in [7, 11) is 0. The molecule has 10 aromatic rings. The molecule has 0 saturated heterocycles. The van der Waals surface area contributed by atoms with Crippen LogP contribution in [0.2, 0.25) is 0 Å². The average molecular weight is 600 g/mol. The van der Waals surface area contributed by atoms with Crippen molar-refractivity contribution >= 4 is 127 Å². The highest BCUT2D eigenvalue weighted by molar-refractivity contribution is 7.35. The van der Waals surface area contributed by atoms with Crippen LogP contribution in [-0.2, 0) is 0 Å². The molecule has 0 radical (unpaired) electrons. The third-order valence-electron chi connectivity index (χ3n) is 8.40. The molecule has 6 heteroatoms. The van der Waals surface area contributed by atoms with Gasteiger partial charge in [0.05, 0.1) is 29.8 Å². The third kappa shape index (κ3) is 2.96. The highest BCUT2D eigenvalue weighted by Gasteiger charge is 2.24. The summed E-state index contributed by atoms with van der Waals surface area (Å²) in [6.45, 7) is 6.50. The maximum atomic E-state index is 6.65. The Bertz CT molecular complexity index is 2720. The van der Waals surface area contributed by atoms with Crippen LogP contribution in [0.15, 0.2) is 77.2 Å². The lowest BCUT2D eigenvalue weighted by molar-refractivity contribution is 0.678. The molecule has 0 spiro atoms. The molecule has 0 aliphatic heterocycles. The van der Waals surface area contributed by atoms with Crippen molar-refractivity contribution in [3.63, 3.8) is 0 Å². The minimum atomic E-state index is 1.04. The van der Waals surface area contributed by atoms with Gasteiger partial charge < -0.3 is 8.98 Å². The smallest absolute Gasteiger partial charge is 0.155 e. The van der Waals surface area contributed by atoms with E-state index in [9.17, 15) is 0 Å². The molecule has 2 nitrogen and oxygen atoms in total. The Hall–Kier alpha value is -3.68. The number of rotatable bonds is 1. The number of thiophene rings is 4. The molecule has 0 unspecified atom stereocenters. The summed E-state index contributed by atoms with van der Waals surface area (Å²) in [4.78, 5) is 0. The topological polar surface area (TPSA) is 18.1 Å². The normalized spacial score (nSPS) is 12.8. The molecule has 196 valence electrons. The summed E-state index contributed by atoms with van der Waals surface area (Å²) in [5.41, 5.74) is 9.83.